The van der Waals surface area contributed by atoms with Crippen LogP contribution in [0.5, 0.6) is 11.5 Å². The number of carbonyl (C=O) groups excluding carboxylic acids is 1. The molecule has 1 aromatic heterocycles. The number of phenolic OH excluding ortho intramolecular Hbond substituents is 2. The highest BCUT2D eigenvalue weighted by Gasteiger charge is 2.31. The van der Waals surface area contributed by atoms with Crippen molar-refractivity contribution in [2.45, 2.75) is 38.8 Å². The van der Waals surface area contributed by atoms with E-state index in [0.29, 0.717) is 36.4 Å². The average molecular weight is 556 g/mol. The van der Waals surface area contributed by atoms with E-state index in [0.717, 1.165) is 25.2 Å². The summed E-state index contributed by atoms with van der Waals surface area (Å²) in [5.74, 6) is -0.739. The third-order valence-electron chi connectivity index (χ3n) is 7.15. The van der Waals surface area contributed by atoms with E-state index in [2.05, 4.69) is 20.4 Å². The van der Waals surface area contributed by atoms with Crippen LogP contribution in [0.15, 0.2) is 36.4 Å². The summed E-state index contributed by atoms with van der Waals surface area (Å²) in [6.07, 6.45) is 0.335. The van der Waals surface area contributed by atoms with Gasteiger partial charge in [-0.25, -0.2) is 8.42 Å². The van der Waals surface area contributed by atoms with Gasteiger partial charge in [0.15, 0.2) is 15.7 Å². The molecule has 5 rings (SSSR count). The molecule has 1 amide bonds. The molecule has 3 N–H and O–H groups in total. The maximum absolute atomic E-state index is 13.3. The minimum Gasteiger partial charge on any atom is -0.508 e. The number of morpholine rings is 1. The van der Waals surface area contributed by atoms with Crippen molar-refractivity contribution in [2.75, 3.05) is 37.8 Å². The lowest BCUT2D eigenvalue weighted by Crippen LogP contribution is -2.37. The molecule has 2 aromatic carbocycles. The van der Waals surface area contributed by atoms with E-state index in [1.54, 1.807) is 10.6 Å². The molecule has 11 nitrogen and oxygen atoms in total. The first-order chi connectivity index (χ1) is 18.6. The highest BCUT2D eigenvalue weighted by Crippen LogP contribution is 2.38. The molecule has 1 unspecified atom stereocenters. The van der Waals surface area contributed by atoms with Crippen LogP contribution in [0.3, 0.4) is 0 Å². The molecule has 2 aliphatic rings. The van der Waals surface area contributed by atoms with E-state index in [1.165, 1.54) is 6.07 Å². The second-order valence-electron chi connectivity index (χ2n) is 10.4. The summed E-state index contributed by atoms with van der Waals surface area (Å²) >= 11 is 0. The van der Waals surface area contributed by atoms with Crippen LogP contribution in [0.25, 0.3) is 17.1 Å². The number of phenols is 2. The van der Waals surface area contributed by atoms with Gasteiger partial charge in [-0.2, -0.15) is 0 Å². The van der Waals surface area contributed by atoms with Crippen LogP contribution >= 0.6 is 0 Å². The molecule has 39 heavy (non-hydrogen) atoms. The fourth-order valence-corrected chi connectivity index (χ4v) is 6.69. The zero-order valence-electron chi connectivity index (χ0n) is 22.0. The second-order valence-corrected chi connectivity index (χ2v) is 12.6. The first kappa shape index (κ1) is 27.1. The smallest absolute Gasteiger partial charge is 0.289 e. The molecule has 0 bridgehead atoms. The Kier molecular flexibility index (Phi) is 7.61. The standard InChI is InChI=1S/C27H33N5O6S/c1-17(2)21-13-22(24(34)14-23(21)33)25-29-30-26(27(35)28-19-7-12-39(36,37)16-19)32(25)20-5-3-18(4-6-20)15-31-8-10-38-11-9-31/h3-6,13-14,17,19,33-34H,7-12,15-16H2,1-2H3,(H,28,35). The van der Waals surface area contributed by atoms with Crippen LogP contribution in [0.2, 0.25) is 0 Å². The Balaban J connectivity index is 1.53. The summed E-state index contributed by atoms with van der Waals surface area (Å²) in [5, 5.41) is 32.3. The number of rotatable bonds is 7. The molecular weight excluding hydrogens is 522 g/mol. The molecular formula is C27H33N5O6S. The van der Waals surface area contributed by atoms with Crippen molar-refractivity contribution >= 4 is 15.7 Å². The predicted molar refractivity (Wildman–Crippen MR) is 145 cm³/mol. The molecule has 0 aliphatic carbocycles. The molecule has 2 saturated heterocycles. The number of hydrogen-bond donors (Lipinski definition) is 3. The quantitative estimate of drug-likeness (QED) is 0.399. The highest BCUT2D eigenvalue weighted by molar-refractivity contribution is 7.91. The zero-order valence-corrected chi connectivity index (χ0v) is 22.8. The van der Waals surface area contributed by atoms with Gasteiger partial charge in [0, 0.05) is 37.4 Å². The van der Waals surface area contributed by atoms with Gasteiger partial charge in [0.2, 0.25) is 5.82 Å². The molecule has 0 spiro atoms. The summed E-state index contributed by atoms with van der Waals surface area (Å²) in [5.41, 5.74) is 2.61. The van der Waals surface area contributed by atoms with Crippen molar-refractivity contribution in [3.63, 3.8) is 0 Å². The average Bonchev–Trinajstić information content (AvgIpc) is 3.48. The Morgan fingerprint density at radius 1 is 1.10 bits per heavy atom. The van der Waals surface area contributed by atoms with Gasteiger partial charge in [0.25, 0.3) is 5.91 Å². The van der Waals surface area contributed by atoms with Crippen molar-refractivity contribution < 1.29 is 28.2 Å². The van der Waals surface area contributed by atoms with Crippen LogP contribution < -0.4 is 5.32 Å². The number of aromatic hydroxyl groups is 2. The summed E-state index contributed by atoms with van der Waals surface area (Å²) in [7, 11) is -3.19. The fourth-order valence-electron chi connectivity index (χ4n) is 5.01. The molecule has 2 aliphatic heterocycles. The number of aromatic nitrogens is 3. The topological polar surface area (TPSA) is 147 Å². The van der Waals surface area contributed by atoms with Crippen LogP contribution in [0.4, 0.5) is 0 Å². The van der Waals surface area contributed by atoms with E-state index >= 15 is 0 Å². The van der Waals surface area contributed by atoms with Gasteiger partial charge in [-0.1, -0.05) is 26.0 Å². The molecule has 3 aromatic rings. The van der Waals surface area contributed by atoms with Gasteiger partial charge < -0.3 is 20.3 Å². The normalized spacial score (nSPS) is 19.4. The minimum absolute atomic E-state index is 0.0276. The Morgan fingerprint density at radius 2 is 1.82 bits per heavy atom. The first-order valence-corrected chi connectivity index (χ1v) is 14.9. The van der Waals surface area contributed by atoms with Crippen LogP contribution in [0.1, 0.15) is 47.9 Å². The molecule has 3 heterocycles. The molecule has 1 atom stereocenters. The van der Waals surface area contributed by atoms with Crippen LogP contribution in [-0.4, -0.2) is 88.1 Å². The van der Waals surface area contributed by atoms with Gasteiger partial charge in [0.1, 0.15) is 11.5 Å². The maximum atomic E-state index is 13.3. The Bertz CT molecular complexity index is 1460. The Labute approximate surface area is 227 Å². The van der Waals surface area contributed by atoms with Gasteiger partial charge in [0.05, 0.1) is 30.3 Å². The number of sulfone groups is 1. The first-order valence-electron chi connectivity index (χ1n) is 13.0. The van der Waals surface area contributed by atoms with Crippen molar-refractivity contribution in [1.82, 2.24) is 25.0 Å². The van der Waals surface area contributed by atoms with E-state index in [4.69, 9.17) is 4.74 Å². The highest BCUT2D eigenvalue weighted by atomic mass is 32.2. The minimum atomic E-state index is -3.19. The molecule has 12 heteroatoms. The second kappa shape index (κ2) is 10.9. The van der Waals surface area contributed by atoms with Crippen molar-refractivity contribution in [3.8, 4) is 28.6 Å². The lowest BCUT2D eigenvalue weighted by Gasteiger charge is -2.26. The number of carbonyl (C=O) groups is 1. The third-order valence-corrected chi connectivity index (χ3v) is 8.91. The lowest BCUT2D eigenvalue weighted by atomic mass is 9.98. The van der Waals surface area contributed by atoms with Crippen LogP contribution in [0, 0.1) is 0 Å². The lowest BCUT2D eigenvalue weighted by molar-refractivity contribution is 0.0342. The summed E-state index contributed by atoms with van der Waals surface area (Å²) in [6, 6.07) is 10.1. The Hall–Kier alpha value is -3.48. The fraction of sp³-hybridized carbons (Fsp3) is 0.444. The number of nitrogens with zero attached hydrogens (tertiary/aromatic N) is 4. The zero-order chi connectivity index (χ0) is 27.7. The Morgan fingerprint density at radius 3 is 2.46 bits per heavy atom. The maximum Gasteiger partial charge on any atom is 0.289 e. The molecule has 208 valence electrons. The summed E-state index contributed by atoms with van der Waals surface area (Å²) in [6.45, 7) is 7.73. The number of hydrogen-bond acceptors (Lipinski definition) is 9. The van der Waals surface area contributed by atoms with E-state index in [-0.39, 0.29) is 40.6 Å². The number of nitrogens with one attached hydrogen (secondary N) is 1. The van der Waals surface area contributed by atoms with Gasteiger partial charge in [-0.3, -0.25) is 14.3 Å². The third kappa shape index (κ3) is 5.92. The largest absolute Gasteiger partial charge is 0.508 e. The van der Waals surface area contributed by atoms with Gasteiger partial charge in [-0.15, -0.1) is 10.2 Å². The van der Waals surface area contributed by atoms with Crippen molar-refractivity contribution in [2.24, 2.45) is 0 Å². The SMILES string of the molecule is CC(C)c1cc(-c2nnc(C(=O)NC3CCS(=O)(=O)C3)n2-c2ccc(CN3CCOCC3)cc2)c(O)cc1O. The number of amides is 1. The summed E-state index contributed by atoms with van der Waals surface area (Å²) in [4.78, 5) is 15.6. The van der Waals surface area contributed by atoms with Crippen molar-refractivity contribution in [3.05, 3.63) is 53.3 Å². The van der Waals surface area contributed by atoms with E-state index in [9.17, 15) is 23.4 Å². The number of ether oxygens (including phenoxy) is 1. The van der Waals surface area contributed by atoms with E-state index in [1.807, 2.05) is 38.1 Å². The number of benzene rings is 2. The van der Waals surface area contributed by atoms with Crippen molar-refractivity contribution in [1.29, 1.82) is 0 Å². The van der Waals surface area contributed by atoms with Gasteiger partial charge >= 0.3 is 0 Å². The van der Waals surface area contributed by atoms with Gasteiger partial charge in [-0.05, 0) is 41.7 Å². The molecule has 0 saturated carbocycles. The summed E-state index contributed by atoms with van der Waals surface area (Å²) < 4.78 is 30.8. The van der Waals surface area contributed by atoms with Crippen LogP contribution in [-0.2, 0) is 21.1 Å². The predicted octanol–water partition coefficient (Wildman–Crippen LogP) is 2.22. The van der Waals surface area contributed by atoms with E-state index < -0.39 is 21.8 Å². The monoisotopic (exact) mass is 555 g/mol. The molecule has 0 radical (unpaired) electrons. The molecule has 2 fully saturated rings.